The molecule has 0 radical (unpaired) electrons. The van der Waals surface area contributed by atoms with Gasteiger partial charge in [0.15, 0.2) is 4.96 Å². The zero-order valence-electron chi connectivity index (χ0n) is 16.6. The summed E-state index contributed by atoms with van der Waals surface area (Å²) < 4.78 is 8.02. The molecule has 2 aliphatic rings. The van der Waals surface area contributed by atoms with Crippen molar-refractivity contribution < 1.29 is 14.3 Å². The van der Waals surface area contributed by atoms with Crippen LogP contribution >= 0.6 is 11.3 Å². The average molecular weight is 425 g/mol. The van der Waals surface area contributed by atoms with E-state index in [1.54, 1.807) is 23.5 Å². The van der Waals surface area contributed by atoms with Crippen molar-refractivity contribution in [3.05, 3.63) is 53.3 Å². The van der Waals surface area contributed by atoms with E-state index in [1.807, 2.05) is 39.2 Å². The van der Waals surface area contributed by atoms with Crippen LogP contribution in [0.15, 0.2) is 42.0 Å². The molecule has 156 valence electrons. The van der Waals surface area contributed by atoms with Crippen molar-refractivity contribution in [3.63, 3.8) is 0 Å². The predicted molar refractivity (Wildman–Crippen MR) is 114 cm³/mol. The number of thiazole rings is 1. The number of likely N-dealkylation sites (tertiary alicyclic amines) is 1. The number of hydrogen-bond donors (Lipinski definition) is 1. The summed E-state index contributed by atoms with van der Waals surface area (Å²) in [6.45, 7) is 1.93. The molecule has 3 heterocycles. The second-order valence-corrected chi connectivity index (χ2v) is 8.82. The standard InChI is InChI=1S/C22H24N4O3S/c27-20(23-13-17-14-26-11-12-30-22(26)24-17)15-3-5-18(6-4-15)29-19-7-9-25(10-8-19)21(28)16-1-2-16/h3-6,11-12,14,16,19H,1-2,7-10,13H2,(H,23,27). The minimum Gasteiger partial charge on any atom is -0.490 e. The second kappa shape index (κ2) is 8.10. The number of rotatable bonds is 6. The highest BCUT2D eigenvalue weighted by atomic mass is 32.1. The molecule has 0 atom stereocenters. The maximum Gasteiger partial charge on any atom is 0.251 e. The zero-order chi connectivity index (χ0) is 20.5. The number of hydrogen-bond acceptors (Lipinski definition) is 5. The topological polar surface area (TPSA) is 75.9 Å². The fourth-order valence-electron chi connectivity index (χ4n) is 3.79. The lowest BCUT2D eigenvalue weighted by Gasteiger charge is -2.32. The number of aromatic nitrogens is 2. The van der Waals surface area contributed by atoms with Gasteiger partial charge < -0.3 is 15.0 Å². The maximum absolute atomic E-state index is 12.4. The Morgan fingerprint density at radius 3 is 2.60 bits per heavy atom. The van der Waals surface area contributed by atoms with Crippen molar-refractivity contribution in [2.24, 2.45) is 5.92 Å². The summed E-state index contributed by atoms with van der Waals surface area (Å²) >= 11 is 1.57. The number of amides is 2. The third-order valence-electron chi connectivity index (χ3n) is 5.67. The largest absolute Gasteiger partial charge is 0.490 e. The number of nitrogens with one attached hydrogen (secondary N) is 1. The van der Waals surface area contributed by atoms with Gasteiger partial charge in [-0.05, 0) is 37.1 Å². The van der Waals surface area contributed by atoms with Gasteiger partial charge >= 0.3 is 0 Å². The minimum atomic E-state index is -0.134. The van der Waals surface area contributed by atoms with E-state index >= 15 is 0 Å². The normalized spacial score (nSPS) is 17.3. The summed E-state index contributed by atoms with van der Waals surface area (Å²) in [6.07, 6.45) is 7.79. The Balaban J connectivity index is 1.10. The molecular weight excluding hydrogens is 400 g/mol. The third-order valence-corrected chi connectivity index (χ3v) is 6.44. The lowest BCUT2D eigenvalue weighted by Crippen LogP contribution is -2.42. The highest BCUT2D eigenvalue weighted by molar-refractivity contribution is 7.15. The highest BCUT2D eigenvalue weighted by Gasteiger charge is 2.35. The molecule has 2 amide bonds. The van der Waals surface area contributed by atoms with Crippen LogP contribution in [0.1, 0.15) is 41.7 Å². The molecule has 8 heteroatoms. The van der Waals surface area contributed by atoms with Crippen LogP contribution in [0.5, 0.6) is 5.75 Å². The molecule has 1 aliphatic heterocycles. The lowest BCUT2D eigenvalue weighted by atomic mass is 10.1. The van der Waals surface area contributed by atoms with Crippen LogP contribution in [-0.2, 0) is 11.3 Å². The van der Waals surface area contributed by atoms with Gasteiger partial charge in [-0.2, -0.15) is 0 Å². The Morgan fingerprint density at radius 1 is 1.13 bits per heavy atom. The number of fused-ring (bicyclic) bond motifs is 1. The van der Waals surface area contributed by atoms with Crippen LogP contribution in [0.25, 0.3) is 4.96 Å². The molecule has 0 unspecified atom stereocenters. The van der Waals surface area contributed by atoms with Crippen LogP contribution < -0.4 is 10.1 Å². The molecule has 1 aliphatic carbocycles. The molecule has 2 fully saturated rings. The monoisotopic (exact) mass is 424 g/mol. The Hall–Kier alpha value is -2.87. The molecule has 0 bridgehead atoms. The number of benzene rings is 1. The van der Waals surface area contributed by atoms with Gasteiger partial charge in [-0.1, -0.05) is 0 Å². The summed E-state index contributed by atoms with van der Waals surface area (Å²) in [7, 11) is 0. The first kappa shape index (κ1) is 19.1. The molecule has 3 aromatic rings. The van der Waals surface area contributed by atoms with Crippen LogP contribution in [0.2, 0.25) is 0 Å². The van der Waals surface area contributed by atoms with E-state index in [0.29, 0.717) is 18.0 Å². The van der Waals surface area contributed by atoms with E-state index in [1.165, 1.54) is 0 Å². The van der Waals surface area contributed by atoms with E-state index in [0.717, 1.165) is 55.2 Å². The molecule has 2 aromatic heterocycles. The van der Waals surface area contributed by atoms with Crippen molar-refractivity contribution >= 4 is 28.1 Å². The van der Waals surface area contributed by atoms with Gasteiger partial charge in [0, 0.05) is 55.2 Å². The summed E-state index contributed by atoms with van der Waals surface area (Å²) in [4.78, 5) is 31.9. The first-order valence-corrected chi connectivity index (χ1v) is 11.3. The highest BCUT2D eigenvalue weighted by Crippen LogP contribution is 2.32. The van der Waals surface area contributed by atoms with Gasteiger partial charge in [0.1, 0.15) is 11.9 Å². The minimum absolute atomic E-state index is 0.114. The average Bonchev–Trinajstić information content (AvgIpc) is 3.41. The van der Waals surface area contributed by atoms with E-state index in [-0.39, 0.29) is 17.9 Å². The van der Waals surface area contributed by atoms with Crippen LogP contribution in [0.4, 0.5) is 0 Å². The van der Waals surface area contributed by atoms with Crippen molar-refractivity contribution in [1.82, 2.24) is 19.6 Å². The van der Waals surface area contributed by atoms with E-state index in [9.17, 15) is 9.59 Å². The lowest BCUT2D eigenvalue weighted by molar-refractivity contribution is -0.134. The summed E-state index contributed by atoms with van der Waals surface area (Å²) in [5.41, 5.74) is 1.43. The zero-order valence-corrected chi connectivity index (χ0v) is 17.4. The predicted octanol–water partition coefficient (Wildman–Crippen LogP) is 3.11. The molecular formula is C22H24N4O3S. The number of ether oxygens (including phenoxy) is 1. The number of nitrogens with zero attached hydrogens (tertiary/aromatic N) is 3. The molecule has 5 rings (SSSR count). The molecule has 1 saturated heterocycles. The first-order valence-electron chi connectivity index (χ1n) is 10.4. The van der Waals surface area contributed by atoms with Crippen molar-refractivity contribution in [2.45, 2.75) is 38.3 Å². The molecule has 1 aromatic carbocycles. The van der Waals surface area contributed by atoms with Gasteiger partial charge in [-0.3, -0.25) is 14.0 Å². The molecule has 1 saturated carbocycles. The quantitative estimate of drug-likeness (QED) is 0.660. The van der Waals surface area contributed by atoms with Gasteiger partial charge in [0.25, 0.3) is 5.91 Å². The molecule has 0 spiro atoms. The van der Waals surface area contributed by atoms with Gasteiger partial charge in [0.05, 0.1) is 12.2 Å². The van der Waals surface area contributed by atoms with Crippen LogP contribution in [0, 0.1) is 5.92 Å². The number of carbonyl (C=O) groups excluding carboxylic acids is 2. The summed E-state index contributed by atoms with van der Waals surface area (Å²) in [5.74, 6) is 1.23. The second-order valence-electron chi connectivity index (χ2n) is 7.95. The van der Waals surface area contributed by atoms with E-state index in [4.69, 9.17) is 4.74 Å². The Morgan fingerprint density at radius 2 is 1.90 bits per heavy atom. The van der Waals surface area contributed by atoms with Crippen molar-refractivity contribution in [3.8, 4) is 5.75 Å². The Kier molecular flexibility index (Phi) is 5.16. The van der Waals surface area contributed by atoms with Crippen LogP contribution in [0.3, 0.4) is 0 Å². The van der Waals surface area contributed by atoms with E-state index < -0.39 is 0 Å². The first-order chi connectivity index (χ1) is 14.7. The number of piperidine rings is 1. The van der Waals surface area contributed by atoms with Crippen molar-refractivity contribution in [1.29, 1.82) is 0 Å². The fourth-order valence-corrected chi connectivity index (χ4v) is 4.51. The SMILES string of the molecule is O=C(NCc1cn2ccsc2n1)c1ccc(OC2CCN(C(=O)C3CC3)CC2)cc1. The summed E-state index contributed by atoms with van der Waals surface area (Å²) in [5, 5.41) is 4.89. The van der Waals surface area contributed by atoms with Gasteiger partial charge in [0.2, 0.25) is 5.91 Å². The summed E-state index contributed by atoms with van der Waals surface area (Å²) in [6, 6.07) is 7.23. The van der Waals surface area contributed by atoms with Crippen molar-refractivity contribution in [2.75, 3.05) is 13.1 Å². The Bertz CT molecular complexity index is 1020. The fraction of sp³-hybridized carbons (Fsp3) is 0.409. The Labute approximate surface area is 178 Å². The van der Waals surface area contributed by atoms with E-state index in [2.05, 4.69) is 10.3 Å². The third kappa shape index (κ3) is 4.18. The van der Waals surface area contributed by atoms with Gasteiger partial charge in [-0.25, -0.2) is 4.98 Å². The molecule has 7 nitrogen and oxygen atoms in total. The van der Waals surface area contributed by atoms with Gasteiger partial charge in [-0.15, -0.1) is 11.3 Å². The molecule has 1 N–H and O–H groups in total. The van der Waals surface area contributed by atoms with Crippen LogP contribution in [-0.4, -0.2) is 45.3 Å². The number of imidazole rings is 1. The number of carbonyl (C=O) groups is 2. The smallest absolute Gasteiger partial charge is 0.251 e. The maximum atomic E-state index is 12.4. The molecule has 30 heavy (non-hydrogen) atoms.